The minimum absolute atomic E-state index is 0.222. The van der Waals surface area contributed by atoms with Crippen molar-refractivity contribution in [1.29, 1.82) is 0 Å². The number of aromatic nitrogens is 3. The molecule has 0 aliphatic carbocycles. The summed E-state index contributed by atoms with van der Waals surface area (Å²) in [6, 6.07) is 21.4. The van der Waals surface area contributed by atoms with E-state index in [0.29, 0.717) is 44.0 Å². The molecule has 3 aromatic carbocycles. The smallest absolute Gasteiger partial charge is 0.337 e. The zero-order valence-electron chi connectivity index (χ0n) is 20.0. The van der Waals surface area contributed by atoms with E-state index in [1.54, 1.807) is 46.0 Å². The normalized spacial score (nSPS) is 14.0. The van der Waals surface area contributed by atoms with Crippen LogP contribution in [0.2, 0.25) is 5.02 Å². The number of thioether (sulfide) groups is 1. The van der Waals surface area contributed by atoms with E-state index in [1.807, 2.05) is 36.4 Å². The summed E-state index contributed by atoms with van der Waals surface area (Å²) in [7, 11) is 1.32. The molecule has 0 fully saturated rings. The third-order valence-corrected chi connectivity index (χ3v) is 7.33. The van der Waals surface area contributed by atoms with Crippen LogP contribution >= 0.6 is 23.4 Å². The van der Waals surface area contributed by atoms with Gasteiger partial charge in [-0.25, -0.2) is 9.69 Å². The van der Waals surface area contributed by atoms with Crippen LogP contribution in [0.25, 0.3) is 11.3 Å². The third-order valence-electron chi connectivity index (χ3n) is 6.05. The number of halogens is 1. The predicted octanol–water partition coefficient (Wildman–Crippen LogP) is 4.37. The summed E-state index contributed by atoms with van der Waals surface area (Å²) in [6.45, 7) is 1.47. The van der Waals surface area contributed by atoms with Gasteiger partial charge in [-0.3, -0.25) is 14.6 Å². The fourth-order valence-corrected chi connectivity index (χ4v) is 5.49. The molecule has 0 saturated heterocycles. The number of aromatic amines is 1. The largest absolute Gasteiger partial charge is 0.465 e. The second kappa shape index (κ2) is 10.2. The van der Waals surface area contributed by atoms with E-state index in [9.17, 15) is 14.4 Å². The number of carbonyl (C=O) groups excluding carboxylic acids is 2. The average molecular weight is 534 g/mol. The van der Waals surface area contributed by atoms with Gasteiger partial charge < -0.3 is 4.74 Å². The highest BCUT2D eigenvalue weighted by Crippen LogP contribution is 2.37. The van der Waals surface area contributed by atoms with Crippen molar-refractivity contribution in [1.82, 2.24) is 10.1 Å². The molecule has 4 aromatic rings. The van der Waals surface area contributed by atoms with Crippen LogP contribution in [0.1, 0.15) is 34.6 Å². The fourth-order valence-electron chi connectivity index (χ4n) is 4.35. The molecule has 1 unspecified atom stereocenters. The number of hydrogen-bond acceptors (Lipinski definition) is 6. The molecule has 8 nitrogen and oxygen atoms in total. The number of rotatable bonds is 5. The molecular weight excluding hydrogens is 512 g/mol. The Bertz CT molecular complexity index is 1570. The van der Waals surface area contributed by atoms with Crippen LogP contribution in [-0.4, -0.2) is 29.1 Å². The Hall–Kier alpha value is -3.95. The van der Waals surface area contributed by atoms with Crippen LogP contribution < -0.4 is 15.1 Å². The van der Waals surface area contributed by atoms with E-state index in [2.05, 4.69) is 4.98 Å². The number of ether oxygens (including phenoxy) is 1. The van der Waals surface area contributed by atoms with Crippen molar-refractivity contribution in [2.24, 2.45) is 0 Å². The van der Waals surface area contributed by atoms with Gasteiger partial charge in [-0.15, -0.1) is 0 Å². The molecule has 1 aromatic heterocycles. The van der Waals surface area contributed by atoms with E-state index >= 15 is 0 Å². The molecule has 1 atom stereocenters. The van der Waals surface area contributed by atoms with Gasteiger partial charge in [-0.2, -0.15) is 0 Å². The molecule has 1 N–H and O–H groups in total. The molecule has 2 heterocycles. The number of amides is 1. The number of para-hydroxylation sites is 1. The maximum atomic E-state index is 13.4. The predicted molar refractivity (Wildman–Crippen MR) is 141 cm³/mol. The van der Waals surface area contributed by atoms with Crippen molar-refractivity contribution in [2.75, 3.05) is 12.0 Å². The van der Waals surface area contributed by atoms with Crippen LogP contribution in [0.4, 0.5) is 5.69 Å². The van der Waals surface area contributed by atoms with E-state index in [4.69, 9.17) is 21.4 Å². The zero-order valence-corrected chi connectivity index (χ0v) is 21.5. The molecule has 37 heavy (non-hydrogen) atoms. The van der Waals surface area contributed by atoms with Gasteiger partial charge in [0.2, 0.25) is 11.1 Å². The summed E-state index contributed by atoms with van der Waals surface area (Å²) < 4.78 is 6.38. The Morgan fingerprint density at radius 2 is 1.78 bits per heavy atom. The minimum atomic E-state index is -0.754. The van der Waals surface area contributed by atoms with E-state index in [1.165, 1.54) is 25.8 Å². The minimum Gasteiger partial charge on any atom is -0.465 e. The fraction of sp³-hybridized carbons (Fsp3) is 0.148. The Morgan fingerprint density at radius 3 is 2.49 bits per heavy atom. The lowest BCUT2D eigenvalue weighted by Gasteiger charge is -2.31. The Kier molecular flexibility index (Phi) is 6.82. The van der Waals surface area contributed by atoms with E-state index < -0.39 is 12.1 Å². The highest BCUT2D eigenvalue weighted by molar-refractivity contribution is 7.98. The van der Waals surface area contributed by atoms with Gasteiger partial charge in [0, 0.05) is 28.4 Å². The van der Waals surface area contributed by atoms with E-state index in [-0.39, 0.29) is 11.5 Å². The summed E-state index contributed by atoms with van der Waals surface area (Å²) in [5, 5.41) is 5.79. The number of carbonyl (C=O) groups is 2. The van der Waals surface area contributed by atoms with Crippen molar-refractivity contribution in [3.05, 3.63) is 105 Å². The number of esters is 1. The SMILES string of the molecule is COC(=O)c1ccc(C2N(C(C)=O)c3ccccc3-c3c(=O)[nH]c(SCc4ccccc4Cl)n[n+]32)cc1. The lowest BCUT2D eigenvalue weighted by molar-refractivity contribution is -0.763. The van der Waals surface area contributed by atoms with Crippen molar-refractivity contribution >= 4 is 40.9 Å². The second-order valence-electron chi connectivity index (χ2n) is 8.33. The first kappa shape index (κ1) is 24.7. The monoisotopic (exact) mass is 533 g/mol. The molecule has 0 bridgehead atoms. The first-order valence-electron chi connectivity index (χ1n) is 11.4. The van der Waals surface area contributed by atoms with Gasteiger partial charge in [-0.05, 0) is 52.7 Å². The number of hydrogen-bond donors (Lipinski definition) is 1. The van der Waals surface area contributed by atoms with Crippen molar-refractivity contribution in [3.63, 3.8) is 0 Å². The van der Waals surface area contributed by atoms with Crippen molar-refractivity contribution in [2.45, 2.75) is 24.0 Å². The number of fused-ring (bicyclic) bond motifs is 3. The first-order chi connectivity index (χ1) is 17.9. The Morgan fingerprint density at radius 1 is 1.08 bits per heavy atom. The molecule has 0 radical (unpaired) electrons. The summed E-state index contributed by atoms with van der Waals surface area (Å²) in [4.78, 5) is 42.9. The van der Waals surface area contributed by atoms with Gasteiger partial charge in [0.15, 0.2) is 0 Å². The van der Waals surface area contributed by atoms with E-state index in [0.717, 1.165) is 5.56 Å². The Labute approximate surface area is 221 Å². The number of methoxy groups -OCH3 is 1. The van der Waals surface area contributed by atoms with Gasteiger partial charge in [0.25, 0.3) is 6.17 Å². The van der Waals surface area contributed by atoms with Gasteiger partial charge >= 0.3 is 17.2 Å². The lowest BCUT2D eigenvalue weighted by atomic mass is 10.0. The number of anilines is 1. The molecule has 0 saturated carbocycles. The average Bonchev–Trinajstić information content (AvgIpc) is 2.91. The maximum absolute atomic E-state index is 13.4. The van der Waals surface area contributed by atoms with Crippen LogP contribution in [0.5, 0.6) is 0 Å². The molecule has 186 valence electrons. The second-order valence-corrected chi connectivity index (χ2v) is 9.70. The standard InChI is InChI=1S/C27H21ClN4O4S/c1-16(33)31-22-10-6-4-8-20(22)23-24(34)29-27(37-15-19-7-3-5-9-21(19)28)30-32(23)25(31)17-11-13-18(14-12-17)26(35)36-2/h3-14,25H,15H2,1-2H3/p+1. The lowest BCUT2D eigenvalue weighted by Crippen LogP contribution is -2.60. The summed E-state index contributed by atoms with van der Waals surface area (Å²) in [5.41, 5.74) is 3.14. The molecule has 1 aliphatic rings. The highest BCUT2D eigenvalue weighted by Gasteiger charge is 2.44. The van der Waals surface area contributed by atoms with Crippen molar-refractivity contribution in [3.8, 4) is 11.3 Å². The first-order valence-corrected chi connectivity index (χ1v) is 12.7. The molecule has 1 aliphatic heterocycles. The summed E-state index contributed by atoms with van der Waals surface area (Å²) in [6.07, 6.45) is -0.754. The number of benzene rings is 3. The zero-order chi connectivity index (χ0) is 26.1. The molecular formula is C27H22ClN4O4S+. The highest BCUT2D eigenvalue weighted by atomic mass is 35.5. The molecule has 5 rings (SSSR count). The topological polar surface area (TPSA) is 96.2 Å². The molecule has 10 heteroatoms. The Balaban J connectivity index is 1.66. The molecule has 1 amide bonds. The summed E-state index contributed by atoms with van der Waals surface area (Å²) in [5.74, 6) is -0.196. The van der Waals surface area contributed by atoms with Gasteiger partial charge in [0.05, 0.1) is 23.9 Å². The quantitative estimate of drug-likeness (QED) is 0.232. The van der Waals surface area contributed by atoms with Gasteiger partial charge in [0.1, 0.15) is 0 Å². The van der Waals surface area contributed by atoms with Crippen molar-refractivity contribution < 1.29 is 19.0 Å². The van der Waals surface area contributed by atoms with Crippen LogP contribution in [0.15, 0.2) is 82.7 Å². The van der Waals surface area contributed by atoms with Crippen LogP contribution in [-0.2, 0) is 15.3 Å². The third kappa shape index (κ3) is 4.63. The number of nitrogens with zero attached hydrogens (tertiary/aromatic N) is 3. The maximum Gasteiger partial charge on any atom is 0.337 e. The summed E-state index contributed by atoms with van der Waals surface area (Å²) >= 11 is 7.64. The van der Waals surface area contributed by atoms with Crippen LogP contribution in [0.3, 0.4) is 0 Å². The van der Waals surface area contributed by atoms with Gasteiger partial charge in [-0.1, -0.05) is 53.7 Å². The number of H-pyrrole nitrogens is 1. The van der Waals surface area contributed by atoms with Crippen LogP contribution in [0, 0.1) is 0 Å². The molecule has 0 spiro atoms. The number of nitrogens with one attached hydrogen (secondary N) is 1.